The number of hydrogen-bond donors (Lipinski definition) is 1. The number of benzene rings is 1. The summed E-state index contributed by atoms with van der Waals surface area (Å²) in [4.78, 5) is 2.61. The van der Waals surface area contributed by atoms with Gasteiger partial charge in [0, 0.05) is 19.7 Å². The fraction of sp³-hybridized carbons (Fsp3) is 0.667. The monoisotopic (exact) mass is 289 g/mol. The predicted molar refractivity (Wildman–Crippen MR) is 84.8 cm³/mol. The maximum atomic E-state index is 9.86. The van der Waals surface area contributed by atoms with Crippen LogP contribution < -0.4 is 0 Å². The Labute approximate surface area is 127 Å². The first-order valence-electron chi connectivity index (χ1n) is 8.05. The fourth-order valence-electron chi connectivity index (χ4n) is 4.33. The standard InChI is InChI=1S/C18H27NO2/c1-12(21-4)11-19-8-7-18(3)13(2)17(19)9-14-5-6-15(20)10-16(14)18/h5-6,10,12-13,17,20H,7-9,11H2,1-4H3/t12-,13-,17-,18+/m1/s1. The van der Waals surface area contributed by atoms with Gasteiger partial charge in [-0.3, -0.25) is 4.90 Å². The van der Waals surface area contributed by atoms with E-state index in [-0.39, 0.29) is 11.5 Å². The molecule has 1 saturated heterocycles. The lowest BCUT2D eigenvalue weighted by molar-refractivity contribution is -0.00624. The second kappa shape index (κ2) is 5.29. The Hall–Kier alpha value is -1.06. The molecule has 2 bridgehead atoms. The molecule has 116 valence electrons. The number of piperidine rings is 1. The Morgan fingerprint density at radius 3 is 2.95 bits per heavy atom. The lowest BCUT2D eigenvalue weighted by atomic mass is 9.59. The van der Waals surface area contributed by atoms with E-state index in [2.05, 4.69) is 31.7 Å². The van der Waals surface area contributed by atoms with E-state index in [0.717, 1.165) is 25.9 Å². The predicted octanol–water partition coefficient (Wildman–Crippen LogP) is 2.95. The van der Waals surface area contributed by atoms with E-state index in [1.165, 1.54) is 11.1 Å². The van der Waals surface area contributed by atoms with Crippen molar-refractivity contribution in [3.05, 3.63) is 29.3 Å². The summed E-state index contributed by atoms with van der Waals surface area (Å²) in [5, 5.41) is 9.86. The Bertz CT molecular complexity index is 530. The van der Waals surface area contributed by atoms with Crippen molar-refractivity contribution in [1.82, 2.24) is 4.90 Å². The number of phenolic OH excluding ortho intramolecular Hbond substituents is 1. The molecule has 3 rings (SSSR count). The zero-order valence-electron chi connectivity index (χ0n) is 13.6. The minimum Gasteiger partial charge on any atom is -0.508 e. The summed E-state index contributed by atoms with van der Waals surface area (Å²) in [5.41, 5.74) is 2.96. The van der Waals surface area contributed by atoms with Crippen LogP contribution in [0.5, 0.6) is 5.75 Å². The first-order valence-corrected chi connectivity index (χ1v) is 8.05. The van der Waals surface area contributed by atoms with Gasteiger partial charge in [-0.05, 0) is 60.9 Å². The molecule has 1 fully saturated rings. The molecule has 2 aliphatic rings. The zero-order valence-corrected chi connectivity index (χ0v) is 13.6. The van der Waals surface area contributed by atoms with Crippen LogP contribution in [0.4, 0.5) is 0 Å². The average molecular weight is 289 g/mol. The van der Waals surface area contributed by atoms with Gasteiger partial charge in [0.1, 0.15) is 5.75 Å². The second-order valence-corrected chi connectivity index (χ2v) is 7.11. The second-order valence-electron chi connectivity index (χ2n) is 7.11. The number of aromatic hydroxyl groups is 1. The minimum absolute atomic E-state index is 0.184. The smallest absolute Gasteiger partial charge is 0.115 e. The van der Waals surface area contributed by atoms with Gasteiger partial charge in [-0.1, -0.05) is 19.9 Å². The van der Waals surface area contributed by atoms with E-state index < -0.39 is 0 Å². The van der Waals surface area contributed by atoms with Crippen LogP contribution in [-0.2, 0) is 16.6 Å². The molecule has 1 aliphatic carbocycles. The molecule has 0 spiro atoms. The largest absolute Gasteiger partial charge is 0.508 e. The first-order chi connectivity index (χ1) is 9.95. The van der Waals surface area contributed by atoms with Gasteiger partial charge in [-0.15, -0.1) is 0 Å². The molecule has 0 amide bonds. The number of fused-ring (bicyclic) bond motifs is 4. The highest BCUT2D eigenvalue weighted by molar-refractivity contribution is 5.44. The van der Waals surface area contributed by atoms with Crippen LogP contribution in [0.3, 0.4) is 0 Å². The molecule has 0 radical (unpaired) electrons. The van der Waals surface area contributed by atoms with Crippen LogP contribution in [0.1, 0.15) is 38.3 Å². The summed E-state index contributed by atoms with van der Waals surface area (Å²) in [5.74, 6) is 1.00. The van der Waals surface area contributed by atoms with Gasteiger partial charge in [-0.25, -0.2) is 0 Å². The number of phenols is 1. The average Bonchev–Trinajstić information content (AvgIpc) is 2.46. The van der Waals surface area contributed by atoms with Gasteiger partial charge >= 0.3 is 0 Å². The molecule has 0 unspecified atom stereocenters. The lowest BCUT2D eigenvalue weighted by Crippen LogP contribution is -2.59. The van der Waals surface area contributed by atoms with Gasteiger partial charge in [0.15, 0.2) is 0 Å². The van der Waals surface area contributed by atoms with Gasteiger partial charge in [0.25, 0.3) is 0 Å². The highest BCUT2D eigenvalue weighted by atomic mass is 16.5. The molecule has 21 heavy (non-hydrogen) atoms. The summed E-state index contributed by atoms with van der Waals surface area (Å²) >= 11 is 0. The third-order valence-corrected chi connectivity index (χ3v) is 6.00. The van der Waals surface area contributed by atoms with Crippen LogP contribution in [-0.4, -0.2) is 42.4 Å². The van der Waals surface area contributed by atoms with Crippen molar-refractivity contribution in [3.63, 3.8) is 0 Å². The number of methoxy groups -OCH3 is 1. The Balaban J connectivity index is 1.94. The van der Waals surface area contributed by atoms with Gasteiger partial charge < -0.3 is 9.84 Å². The first kappa shape index (κ1) is 14.9. The number of ether oxygens (including phenoxy) is 1. The molecule has 3 nitrogen and oxygen atoms in total. The maximum absolute atomic E-state index is 9.86. The van der Waals surface area contributed by atoms with E-state index >= 15 is 0 Å². The third-order valence-electron chi connectivity index (χ3n) is 6.00. The van der Waals surface area contributed by atoms with Crippen molar-refractivity contribution < 1.29 is 9.84 Å². The van der Waals surface area contributed by atoms with E-state index in [1.807, 2.05) is 12.1 Å². The topological polar surface area (TPSA) is 32.7 Å². The van der Waals surface area contributed by atoms with E-state index in [1.54, 1.807) is 7.11 Å². The minimum atomic E-state index is 0.184. The molecule has 0 aromatic heterocycles. The molecule has 1 heterocycles. The van der Waals surface area contributed by atoms with Crippen molar-refractivity contribution in [2.24, 2.45) is 5.92 Å². The number of likely N-dealkylation sites (tertiary alicyclic amines) is 1. The van der Waals surface area contributed by atoms with E-state index in [0.29, 0.717) is 17.7 Å². The zero-order chi connectivity index (χ0) is 15.2. The van der Waals surface area contributed by atoms with Crippen molar-refractivity contribution in [2.45, 2.75) is 51.2 Å². The molecule has 3 heteroatoms. The normalized spacial score (nSPS) is 33.5. The molecule has 0 saturated carbocycles. The molecule has 1 N–H and O–H groups in total. The van der Waals surface area contributed by atoms with Crippen LogP contribution in [0.2, 0.25) is 0 Å². The molecular weight excluding hydrogens is 262 g/mol. The Morgan fingerprint density at radius 1 is 1.48 bits per heavy atom. The summed E-state index contributed by atoms with van der Waals surface area (Å²) in [6.45, 7) is 9.02. The number of hydrogen-bond acceptors (Lipinski definition) is 3. The van der Waals surface area contributed by atoms with E-state index in [4.69, 9.17) is 4.74 Å². The van der Waals surface area contributed by atoms with Gasteiger partial charge in [-0.2, -0.15) is 0 Å². The summed E-state index contributed by atoms with van der Waals surface area (Å²) < 4.78 is 5.46. The van der Waals surface area contributed by atoms with Crippen LogP contribution >= 0.6 is 0 Å². The molecule has 1 aromatic carbocycles. The van der Waals surface area contributed by atoms with Gasteiger partial charge in [0.05, 0.1) is 6.10 Å². The van der Waals surface area contributed by atoms with Crippen molar-refractivity contribution in [3.8, 4) is 5.75 Å². The fourth-order valence-corrected chi connectivity index (χ4v) is 4.33. The lowest BCUT2D eigenvalue weighted by Gasteiger charge is -2.55. The molecule has 1 aliphatic heterocycles. The third kappa shape index (κ3) is 2.36. The van der Waals surface area contributed by atoms with Crippen LogP contribution in [0.15, 0.2) is 18.2 Å². The summed E-state index contributed by atoms with van der Waals surface area (Å²) in [6, 6.07) is 6.52. The van der Waals surface area contributed by atoms with Gasteiger partial charge in [0.2, 0.25) is 0 Å². The van der Waals surface area contributed by atoms with Crippen molar-refractivity contribution >= 4 is 0 Å². The SMILES string of the molecule is CO[C@H](C)CN1CC[C@]2(C)c3cc(O)ccc3C[C@@H]1[C@H]2C. The number of rotatable bonds is 3. The summed E-state index contributed by atoms with van der Waals surface area (Å²) in [7, 11) is 1.79. The quantitative estimate of drug-likeness (QED) is 0.928. The van der Waals surface area contributed by atoms with Crippen molar-refractivity contribution in [2.75, 3.05) is 20.2 Å². The number of nitrogens with zero attached hydrogens (tertiary/aromatic N) is 1. The molecule has 1 aromatic rings. The van der Waals surface area contributed by atoms with E-state index in [9.17, 15) is 5.11 Å². The Kier molecular flexibility index (Phi) is 3.74. The van der Waals surface area contributed by atoms with Crippen LogP contribution in [0.25, 0.3) is 0 Å². The molecule has 4 atom stereocenters. The maximum Gasteiger partial charge on any atom is 0.115 e. The Morgan fingerprint density at radius 2 is 2.24 bits per heavy atom. The van der Waals surface area contributed by atoms with Crippen LogP contribution in [0, 0.1) is 5.92 Å². The summed E-state index contributed by atoms with van der Waals surface area (Å²) in [6.07, 6.45) is 2.52. The molecular formula is C18H27NO2. The highest BCUT2D eigenvalue weighted by Crippen LogP contribution is 2.49. The highest BCUT2D eigenvalue weighted by Gasteiger charge is 2.48. The van der Waals surface area contributed by atoms with Crippen molar-refractivity contribution in [1.29, 1.82) is 0 Å².